The fourth-order valence-electron chi connectivity index (χ4n) is 1.93. The van der Waals surface area contributed by atoms with Crippen LogP contribution in [-0.4, -0.2) is 10.2 Å². The predicted octanol–water partition coefficient (Wildman–Crippen LogP) is 3.45. The Bertz CT molecular complexity index is 343. The number of aromatic hydroxyl groups is 2. The van der Waals surface area contributed by atoms with Crippen molar-refractivity contribution in [2.24, 2.45) is 0 Å². The number of hydrogen-bond donors (Lipinski definition) is 2. The molecule has 15 heavy (non-hydrogen) atoms. The lowest BCUT2D eigenvalue weighted by Crippen LogP contribution is -1.95. The number of aryl methyl sites for hydroxylation is 1. The molecule has 0 saturated carbocycles. The van der Waals surface area contributed by atoms with Gasteiger partial charge in [0.05, 0.1) is 0 Å². The van der Waals surface area contributed by atoms with E-state index in [1.165, 1.54) is 18.4 Å². The minimum atomic E-state index is -0.00996. The van der Waals surface area contributed by atoms with E-state index in [1.807, 2.05) is 13.8 Å². The van der Waals surface area contributed by atoms with Crippen molar-refractivity contribution >= 4 is 0 Å². The highest BCUT2D eigenvalue weighted by Gasteiger charge is 2.10. The highest BCUT2D eigenvalue weighted by Crippen LogP contribution is 2.33. The molecule has 0 saturated heterocycles. The van der Waals surface area contributed by atoms with E-state index in [2.05, 4.69) is 6.92 Å². The van der Waals surface area contributed by atoms with E-state index in [1.54, 1.807) is 6.07 Å². The van der Waals surface area contributed by atoms with E-state index in [4.69, 9.17) is 0 Å². The molecule has 0 aliphatic rings. The molecule has 1 rings (SSSR count). The molecule has 0 aliphatic carbocycles. The van der Waals surface area contributed by atoms with Gasteiger partial charge in [0, 0.05) is 0 Å². The Hall–Kier alpha value is -1.18. The highest BCUT2D eigenvalue weighted by atomic mass is 16.3. The summed E-state index contributed by atoms with van der Waals surface area (Å²) in [6.45, 7) is 6.02. The smallest absolute Gasteiger partial charge is 0.160 e. The Kier molecular flexibility index (Phi) is 4.01. The minimum absolute atomic E-state index is 0.00996. The van der Waals surface area contributed by atoms with Crippen molar-refractivity contribution in [1.82, 2.24) is 0 Å². The summed E-state index contributed by atoms with van der Waals surface area (Å²) in [6, 6.07) is 1.64. The summed E-state index contributed by atoms with van der Waals surface area (Å²) in [6.07, 6.45) is 4.53. The molecule has 2 heteroatoms. The van der Waals surface area contributed by atoms with Crippen molar-refractivity contribution in [1.29, 1.82) is 0 Å². The Labute approximate surface area is 91.6 Å². The van der Waals surface area contributed by atoms with E-state index in [9.17, 15) is 10.2 Å². The molecule has 0 spiro atoms. The summed E-state index contributed by atoms with van der Waals surface area (Å²) < 4.78 is 0. The van der Waals surface area contributed by atoms with Crippen LogP contribution in [0.25, 0.3) is 0 Å². The summed E-state index contributed by atoms with van der Waals surface area (Å²) in [5, 5.41) is 19.0. The van der Waals surface area contributed by atoms with Crippen molar-refractivity contribution in [3.05, 3.63) is 22.8 Å². The van der Waals surface area contributed by atoms with Gasteiger partial charge in [0.25, 0.3) is 0 Å². The van der Waals surface area contributed by atoms with Gasteiger partial charge in [0.1, 0.15) is 0 Å². The number of unbranched alkanes of at least 4 members (excludes halogenated alkanes) is 2. The molecule has 0 aliphatic heterocycles. The van der Waals surface area contributed by atoms with Crippen molar-refractivity contribution in [2.45, 2.75) is 46.5 Å². The minimum Gasteiger partial charge on any atom is -0.504 e. The first-order chi connectivity index (χ1) is 7.07. The SMILES string of the molecule is CCCCCc1c(C)cc(O)c(O)c1C. The van der Waals surface area contributed by atoms with Gasteiger partial charge in [-0.3, -0.25) is 0 Å². The van der Waals surface area contributed by atoms with Crippen molar-refractivity contribution in [3.8, 4) is 11.5 Å². The zero-order valence-electron chi connectivity index (χ0n) is 9.80. The van der Waals surface area contributed by atoms with Crippen LogP contribution in [0.5, 0.6) is 11.5 Å². The van der Waals surface area contributed by atoms with E-state index in [0.29, 0.717) is 0 Å². The van der Waals surface area contributed by atoms with Crippen LogP contribution in [0.3, 0.4) is 0 Å². The summed E-state index contributed by atoms with van der Waals surface area (Å²) in [5.74, 6) is 0.0244. The van der Waals surface area contributed by atoms with Gasteiger partial charge in [0.2, 0.25) is 0 Å². The van der Waals surface area contributed by atoms with E-state index < -0.39 is 0 Å². The van der Waals surface area contributed by atoms with Gasteiger partial charge >= 0.3 is 0 Å². The van der Waals surface area contributed by atoms with Crippen LogP contribution in [-0.2, 0) is 6.42 Å². The third-order valence-corrected chi connectivity index (χ3v) is 2.91. The number of benzene rings is 1. The number of phenolic OH excluding ortho intramolecular Hbond substituents is 2. The maximum Gasteiger partial charge on any atom is 0.160 e. The third kappa shape index (κ3) is 2.65. The molecule has 1 aromatic rings. The number of rotatable bonds is 4. The molecular weight excluding hydrogens is 188 g/mol. The Balaban J connectivity index is 2.92. The van der Waals surface area contributed by atoms with Gasteiger partial charge < -0.3 is 10.2 Å². The van der Waals surface area contributed by atoms with E-state index >= 15 is 0 Å². The topological polar surface area (TPSA) is 40.5 Å². The molecule has 0 radical (unpaired) electrons. The lowest BCUT2D eigenvalue weighted by atomic mass is 9.96. The molecule has 2 nitrogen and oxygen atoms in total. The van der Waals surface area contributed by atoms with Crippen molar-refractivity contribution in [3.63, 3.8) is 0 Å². The molecule has 2 N–H and O–H groups in total. The van der Waals surface area contributed by atoms with Crippen LogP contribution in [0, 0.1) is 13.8 Å². The van der Waals surface area contributed by atoms with Crippen molar-refractivity contribution < 1.29 is 10.2 Å². The zero-order valence-corrected chi connectivity index (χ0v) is 9.80. The first kappa shape index (κ1) is 11.9. The van der Waals surface area contributed by atoms with Crippen LogP contribution in [0.4, 0.5) is 0 Å². The van der Waals surface area contributed by atoms with Gasteiger partial charge in [-0.15, -0.1) is 0 Å². The molecule has 0 unspecified atom stereocenters. The largest absolute Gasteiger partial charge is 0.504 e. The molecule has 84 valence electrons. The quantitative estimate of drug-likeness (QED) is 0.587. The molecule has 0 bridgehead atoms. The van der Waals surface area contributed by atoms with E-state index in [0.717, 1.165) is 24.0 Å². The van der Waals surface area contributed by atoms with Gasteiger partial charge in [0.15, 0.2) is 11.5 Å². The molecule has 1 aromatic carbocycles. The maximum atomic E-state index is 9.62. The highest BCUT2D eigenvalue weighted by molar-refractivity contribution is 5.51. The van der Waals surface area contributed by atoms with Gasteiger partial charge in [-0.1, -0.05) is 19.8 Å². The summed E-state index contributed by atoms with van der Waals surface area (Å²) in [5.41, 5.74) is 3.07. The third-order valence-electron chi connectivity index (χ3n) is 2.91. The number of hydrogen-bond acceptors (Lipinski definition) is 2. The molecule has 0 heterocycles. The van der Waals surface area contributed by atoms with Gasteiger partial charge in [-0.25, -0.2) is 0 Å². The van der Waals surface area contributed by atoms with E-state index in [-0.39, 0.29) is 11.5 Å². The average Bonchev–Trinajstić information content (AvgIpc) is 2.20. The van der Waals surface area contributed by atoms with Gasteiger partial charge in [-0.2, -0.15) is 0 Å². The monoisotopic (exact) mass is 208 g/mol. The van der Waals surface area contributed by atoms with Crippen molar-refractivity contribution in [2.75, 3.05) is 0 Å². The molecule has 0 atom stereocenters. The normalized spacial score (nSPS) is 10.6. The van der Waals surface area contributed by atoms with Crippen LogP contribution in [0.2, 0.25) is 0 Å². The zero-order chi connectivity index (χ0) is 11.4. The first-order valence-corrected chi connectivity index (χ1v) is 5.59. The fraction of sp³-hybridized carbons (Fsp3) is 0.538. The summed E-state index contributed by atoms with van der Waals surface area (Å²) in [4.78, 5) is 0. The van der Waals surface area contributed by atoms with Gasteiger partial charge in [-0.05, 0) is 49.4 Å². The second-order valence-corrected chi connectivity index (χ2v) is 4.12. The lowest BCUT2D eigenvalue weighted by molar-refractivity contribution is 0.399. The van der Waals surface area contributed by atoms with Crippen LogP contribution >= 0.6 is 0 Å². The Morgan fingerprint density at radius 1 is 1.13 bits per heavy atom. The predicted molar refractivity (Wildman–Crippen MR) is 62.5 cm³/mol. The Morgan fingerprint density at radius 3 is 2.40 bits per heavy atom. The fourth-order valence-corrected chi connectivity index (χ4v) is 1.93. The maximum absolute atomic E-state index is 9.62. The average molecular weight is 208 g/mol. The summed E-state index contributed by atoms with van der Waals surface area (Å²) in [7, 11) is 0. The lowest BCUT2D eigenvalue weighted by Gasteiger charge is -2.12. The number of phenols is 2. The van der Waals surface area contributed by atoms with Crippen LogP contribution in [0.1, 0.15) is 42.9 Å². The molecular formula is C13H20O2. The van der Waals surface area contributed by atoms with Crippen LogP contribution < -0.4 is 0 Å². The second kappa shape index (κ2) is 5.06. The molecule has 0 fully saturated rings. The second-order valence-electron chi connectivity index (χ2n) is 4.12. The summed E-state index contributed by atoms with van der Waals surface area (Å²) >= 11 is 0. The molecule has 0 amide bonds. The standard InChI is InChI=1S/C13H20O2/c1-4-5-6-7-11-9(2)8-12(14)13(15)10(11)3/h8,14-15H,4-7H2,1-3H3. The first-order valence-electron chi connectivity index (χ1n) is 5.59. The Morgan fingerprint density at radius 2 is 1.80 bits per heavy atom. The van der Waals surface area contributed by atoms with Crippen LogP contribution in [0.15, 0.2) is 6.07 Å². The molecule has 0 aromatic heterocycles.